The number of nitrogens with zero attached hydrogens (tertiary/aromatic N) is 1. The van der Waals surface area contributed by atoms with Crippen LogP contribution in [0, 0.1) is 16.2 Å². The Morgan fingerprint density at radius 1 is 0.833 bits per heavy atom. The number of fused-ring (bicyclic) bond motifs is 2. The van der Waals surface area contributed by atoms with Gasteiger partial charge in [0.25, 0.3) is 0 Å². The van der Waals surface area contributed by atoms with Crippen LogP contribution < -0.4 is 0 Å². The van der Waals surface area contributed by atoms with Crippen molar-refractivity contribution in [3.8, 4) is 0 Å². The molecule has 2 fully saturated rings. The van der Waals surface area contributed by atoms with Crippen LogP contribution in [-0.4, -0.2) is 22.7 Å². The van der Waals surface area contributed by atoms with E-state index in [2.05, 4.69) is 0 Å². The Balaban J connectivity index is 1.75. The second kappa shape index (κ2) is 7.08. The van der Waals surface area contributed by atoms with Crippen LogP contribution in [0.3, 0.4) is 0 Å². The van der Waals surface area contributed by atoms with Crippen LogP contribution in [0.4, 0.5) is 0 Å². The predicted molar refractivity (Wildman–Crippen MR) is 112 cm³/mol. The first kappa shape index (κ1) is 20.3. The highest BCUT2D eigenvalue weighted by Gasteiger charge is 2.75. The van der Waals surface area contributed by atoms with Gasteiger partial charge in [-0.25, -0.2) is 0 Å². The Morgan fingerprint density at radius 2 is 1.33 bits per heavy atom. The van der Waals surface area contributed by atoms with Gasteiger partial charge in [-0.3, -0.25) is 14.4 Å². The number of rotatable bonds is 5. The molecule has 1 aliphatic carbocycles. The Labute approximate surface area is 177 Å². The third-order valence-corrected chi connectivity index (χ3v) is 7.52. The lowest BCUT2D eigenvalue weighted by Crippen LogP contribution is -2.62. The quantitative estimate of drug-likeness (QED) is 0.555. The number of hydrogen-bond donors (Lipinski definition) is 0. The van der Waals surface area contributed by atoms with E-state index in [9.17, 15) is 14.4 Å². The van der Waals surface area contributed by atoms with Gasteiger partial charge in [0.1, 0.15) is 0 Å². The van der Waals surface area contributed by atoms with E-state index in [1.54, 1.807) is 4.90 Å². The molecular formula is C25H27NO4. The molecule has 2 aliphatic rings. The van der Waals surface area contributed by atoms with Crippen molar-refractivity contribution in [2.75, 3.05) is 0 Å². The molecule has 1 amide bonds. The highest BCUT2D eigenvalue weighted by atomic mass is 16.6. The van der Waals surface area contributed by atoms with Gasteiger partial charge < -0.3 is 9.64 Å². The minimum Gasteiger partial charge on any atom is -0.392 e. The average molecular weight is 405 g/mol. The number of amides is 1. The molecule has 156 valence electrons. The van der Waals surface area contributed by atoms with Crippen LogP contribution in [0.25, 0.3) is 0 Å². The summed E-state index contributed by atoms with van der Waals surface area (Å²) in [5, 5.41) is 0. The molecule has 1 aliphatic heterocycles. The van der Waals surface area contributed by atoms with Crippen molar-refractivity contribution in [2.24, 2.45) is 16.2 Å². The predicted octanol–water partition coefficient (Wildman–Crippen LogP) is 4.11. The van der Waals surface area contributed by atoms with Crippen LogP contribution in [0.2, 0.25) is 0 Å². The number of cyclic esters (lactones) is 2. The maximum absolute atomic E-state index is 14.1. The number of hydrogen-bond acceptors (Lipinski definition) is 4. The molecular weight excluding hydrogens is 378 g/mol. The third kappa shape index (κ3) is 2.79. The largest absolute Gasteiger partial charge is 0.392 e. The average Bonchev–Trinajstić information content (AvgIpc) is 2.88. The summed E-state index contributed by atoms with van der Waals surface area (Å²) < 4.78 is 5.16. The smallest absolute Gasteiger partial charge is 0.329 e. The van der Waals surface area contributed by atoms with Crippen LogP contribution >= 0.6 is 0 Å². The lowest BCUT2D eigenvalue weighted by atomic mass is 9.56. The summed E-state index contributed by atoms with van der Waals surface area (Å²) >= 11 is 0. The van der Waals surface area contributed by atoms with Crippen molar-refractivity contribution in [1.29, 1.82) is 0 Å². The first-order chi connectivity index (χ1) is 14.2. The summed E-state index contributed by atoms with van der Waals surface area (Å²) in [6, 6.07) is 19.5. The van der Waals surface area contributed by atoms with E-state index in [1.165, 1.54) is 0 Å². The second-order valence-corrected chi connectivity index (χ2v) is 9.17. The standard InChI is InChI=1S/C25H27NO4/c1-23(2)24(3)14-15-25(23,22(29)30-21(24)28)20(27)26(16-18-10-6-4-7-11-18)17-19-12-8-5-9-13-19/h4-13H,14-17H2,1-3H3. The van der Waals surface area contributed by atoms with Gasteiger partial charge in [0.05, 0.1) is 5.41 Å². The highest BCUT2D eigenvalue weighted by molar-refractivity contribution is 6.11. The summed E-state index contributed by atoms with van der Waals surface area (Å²) in [4.78, 5) is 41.5. The van der Waals surface area contributed by atoms with E-state index in [0.717, 1.165) is 11.1 Å². The molecule has 4 rings (SSSR count). The molecule has 2 atom stereocenters. The maximum Gasteiger partial charge on any atom is 0.329 e. The van der Waals surface area contributed by atoms with Crippen LogP contribution in [-0.2, 0) is 32.2 Å². The number of ether oxygens (including phenoxy) is 1. The Hall–Kier alpha value is -2.95. The zero-order valence-electron chi connectivity index (χ0n) is 17.7. The lowest BCUT2D eigenvalue weighted by molar-refractivity contribution is -0.199. The van der Waals surface area contributed by atoms with E-state index in [-0.39, 0.29) is 5.91 Å². The molecule has 0 spiro atoms. The van der Waals surface area contributed by atoms with Crippen molar-refractivity contribution in [2.45, 2.75) is 46.7 Å². The van der Waals surface area contributed by atoms with Crippen LogP contribution in [0.15, 0.2) is 60.7 Å². The molecule has 2 aromatic rings. The van der Waals surface area contributed by atoms with Gasteiger partial charge in [-0.15, -0.1) is 0 Å². The van der Waals surface area contributed by atoms with Gasteiger partial charge in [0, 0.05) is 18.5 Å². The number of carbonyl (C=O) groups excluding carboxylic acids is 3. The topological polar surface area (TPSA) is 63.7 Å². The summed E-state index contributed by atoms with van der Waals surface area (Å²) in [5.41, 5.74) is -1.09. The van der Waals surface area contributed by atoms with E-state index in [4.69, 9.17) is 4.74 Å². The van der Waals surface area contributed by atoms with Gasteiger partial charge in [-0.1, -0.05) is 74.5 Å². The van der Waals surface area contributed by atoms with Gasteiger partial charge in [0.15, 0.2) is 5.41 Å². The van der Waals surface area contributed by atoms with Crippen molar-refractivity contribution in [1.82, 2.24) is 4.90 Å². The molecule has 0 N–H and O–H groups in total. The van der Waals surface area contributed by atoms with Gasteiger partial charge in [-0.2, -0.15) is 0 Å². The van der Waals surface area contributed by atoms with E-state index in [1.807, 2.05) is 81.4 Å². The number of benzene rings is 2. The van der Waals surface area contributed by atoms with Crippen molar-refractivity contribution < 1.29 is 19.1 Å². The monoisotopic (exact) mass is 405 g/mol. The van der Waals surface area contributed by atoms with Gasteiger partial charge in [-0.05, 0) is 30.9 Å². The molecule has 1 saturated heterocycles. The first-order valence-corrected chi connectivity index (χ1v) is 10.4. The highest BCUT2D eigenvalue weighted by Crippen LogP contribution is 2.66. The Bertz CT molecular complexity index is 943. The molecule has 0 radical (unpaired) electrons. The summed E-state index contributed by atoms with van der Waals surface area (Å²) in [7, 11) is 0. The third-order valence-electron chi connectivity index (χ3n) is 7.52. The van der Waals surface area contributed by atoms with E-state index in [0.29, 0.717) is 25.9 Å². The van der Waals surface area contributed by atoms with Crippen molar-refractivity contribution in [3.63, 3.8) is 0 Å². The Morgan fingerprint density at radius 3 is 1.83 bits per heavy atom. The summed E-state index contributed by atoms with van der Waals surface area (Å²) in [5.74, 6) is -1.49. The van der Waals surface area contributed by atoms with Crippen molar-refractivity contribution in [3.05, 3.63) is 71.8 Å². The fraction of sp³-hybridized carbons (Fsp3) is 0.400. The second-order valence-electron chi connectivity index (χ2n) is 9.17. The molecule has 30 heavy (non-hydrogen) atoms. The lowest BCUT2D eigenvalue weighted by Gasteiger charge is -2.49. The summed E-state index contributed by atoms with van der Waals surface area (Å²) in [6.45, 7) is 6.29. The first-order valence-electron chi connectivity index (χ1n) is 10.4. The zero-order chi connectivity index (χ0) is 21.6. The minimum atomic E-state index is -1.36. The summed E-state index contributed by atoms with van der Waals surface area (Å²) in [6.07, 6.45) is 0.779. The van der Waals surface area contributed by atoms with Crippen LogP contribution in [0.5, 0.6) is 0 Å². The van der Waals surface area contributed by atoms with Gasteiger partial charge >= 0.3 is 11.9 Å². The Kier molecular flexibility index (Phi) is 4.80. The molecule has 1 heterocycles. The van der Waals surface area contributed by atoms with Gasteiger partial charge in [0.2, 0.25) is 5.91 Å². The molecule has 1 saturated carbocycles. The molecule has 2 unspecified atom stereocenters. The van der Waals surface area contributed by atoms with E-state index < -0.39 is 28.2 Å². The van der Waals surface area contributed by atoms with Crippen molar-refractivity contribution >= 4 is 17.8 Å². The van der Waals surface area contributed by atoms with Crippen LogP contribution in [0.1, 0.15) is 44.7 Å². The zero-order valence-corrected chi connectivity index (χ0v) is 17.7. The molecule has 2 aromatic carbocycles. The SMILES string of the molecule is CC12CCC(C(=O)N(Cc3ccccc3)Cc3ccccc3)(C(=O)OC1=O)C2(C)C. The molecule has 0 aromatic heterocycles. The molecule has 2 bridgehead atoms. The fourth-order valence-electron chi connectivity index (χ4n) is 5.07. The molecule has 5 nitrogen and oxygen atoms in total. The number of carbonyl (C=O) groups is 3. The fourth-order valence-corrected chi connectivity index (χ4v) is 5.07. The van der Waals surface area contributed by atoms with E-state index >= 15 is 0 Å². The normalized spacial score (nSPS) is 26.9. The molecule has 5 heteroatoms. The number of esters is 2. The minimum absolute atomic E-state index is 0.263. The maximum atomic E-state index is 14.1.